The number of nitrogens with zero attached hydrogens (tertiary/aromatic N) is 1. The SMILES string of the molecule is CN=C(NCCc1ccc(NC(C)=O)cc1)NCCc1ccco1.I. The molecule has 1 aromatic carbocycles. The quantitative estimate of drug-likeness (QED) is 0.340. The van der Waals surface area contributed by atoms with Gasteiger partial charge in [0.2, 0.25) is 5.91 Å². The number of hydrogen-bond acceptors (Lipinski definition) is 3. The van der Waals surface area contributed by atoms with Crippen LogP contribution in [0, 0.1) is 0 Å². The van der Waals surface area contributed by atoms with Crippen molar-refractivity contribution in [3.63, 3.8) is 0 Å². The summed E-state index contributed by atoms with van der Waals surface area (Å²) in [6.07, 6.45) is 3.37. The van der Waals surface area contributed by atoms with Crippen LogP contribution in [0.1, 0.15) is 18.2 Å². The molecule has 1 aromatic heterocycles. The van der Waals surface area contributed by atoms with Crippen molar-refractivity contribution in [1.29, 1.82) is 0 Å². The first-order chi connectivity index (χ1) is 11.7. The second kappa shape index (κ2) is 11.5. The van der Waals surface area contributed by atoms with E-state index in [1.54, 1.807) is 13.3 Å². The van der Waals surface area contributed by atoms with E-state index < -0.39 is 0 Å². The fourth-order valence-electron chi connectivity index (χ4n) is 2.26. The third-order valence-electron chi connectivity index (χ3n) is 3.45. The molecule has 0 fully saturated rings. The number of carbonyl (C=O) groups excluding carboxylic acids is 1. The molecule has 0 atom stereocenters. The summed E-state index contributed by atoms with van der Waals surface area (Å²) >= 11 is 0. The zero-order valence-electron chi connectivity index (χ0n) is 14.5. The molecule has 0 saturated carbocycles. The molecular weight excluding hydrogens is 431 g/mol. The van der Waals surface area contributed by atoms with E-state index in [1.807, 2.05) is 36.4 Å². The second-order valence-corrected chi connectivity index (χ2v) is 5.38. The Morgan fingerprint density at radius 2 is 1.76 bits per heavy atom. The van der Waals surface area contributed by atoms with Crippen LogP contribution >= 0.6 is 24.0 Å². The zero-order chi connectivity index (χ0) is 17.2. The smallest absolute Gasteiger partial charge is 0.221 e. The van der Waals surface area contributed by atoms with Crippen LogP contribution in [0.25, 0.3) is 0 Å². The van der Waals surface area contributed by atoms with Crippen molar-refractivity contribution in [2.75, 3.05) is 25.5 Å². The Bertz CT molecular complexity index is 654. The molecule has 0 aliphatic heterocycles. The number of anilines is 1. The number of benzene rings is 1. The topological polar surface area (TPSA) is 78.7 Å². The van der Waals surface area contributed by atoms with Crippen LogP contribution in [0.4, 0.5) is 5.69 Å². The van der Waals surface area contributed by atoms with Gasteiger partial charge in [-0.3, -0.25) is 9.79 Å². The van der Waals surface area contributed by atoms with Crippen molar-refractivity contribution in [1.82, 2.24) is 10.6 Å². The lowest BCUT2D eigenvalue weighted by molar-refractivity contribution is -0.114. The first kappa shape index (κ1) is 21.0. The maximum atomic E-state index is 11.0. The van der Waals surface area contributed by atoms with Crippen molar-refractivity contribution in [3.8, 4) is 0 Å². The van der Waals surface area contributed by atoms with E-state index in [0.29, 0.717) is 0 Å². The van der Waals surface area contributed by atoms with E-state index in [4.69, 9.17) is 4.42 Å². The van der Waals surface area contributed by atoms with Crippen LogP contribution in [-0.4, -0.2) is 32.0 Å². The zero-order valence-corrected chi connectivity index (χ0v) is 16.9. The molecular formula is C18H25IN4O2. The summed E-state index contributed by atoms with van der Waals surface area (Å²) in [4.78, 5) is 15.2. The Balaban J connectivity index is 0.00000312. The molecule has 1 amide bonds. The van der Waals surface area contributed by atoms with Gasteiger partial charge in [-0.05, 0) is 36.2 Å². The predicted molar refractivity (Wildman–Crippen MR) is 112 cm³/mol. The number of hydrogen-bond donors (Lipinski definition) is 3. The van der Waals surface area contributed by atoms with Crippen molar-refractivity contribution < 1.29 is 9.21 Å². The number of aliphatic imine (C=N–C) groups is 1. The molecule has 25 heavy (non-hydrogen) atoms. The largest absolute Gasteiger partial charge is 0.469 e. The minimum absolute atomic E-state index is 0. The van der Waals surface area contributed by atoms with Gasteiger partial charge in [-0.25, -0.2) is 0 Å². The summed E-state index contributed by atoms with van der Waals surface area (Å²) in [6, 6.07) is 11.7. The van der Waals surface area contributed by atoms with Gasteiger partial charge < -0.3 is 20.4 Å². The lowest BCUT2D eigenvalue weighted by Gasteiger charge is -2.11. The van der Waals surface area contributed by atoms with Gasteiger partial charge >= 0.3 is 0 Å². The number of guanidine groups is 1. The molecule has 0 bridgehead atoms. The maximum Gasteiger partial charge on any atom is 0.221 e. The monoisotopic (exact) mass is 456 g/mol. The minimum atomic E-state index is -0.0613. The third-order valence-corrected chi connectivity index (χ3v) is 3.45. The summed E-state index contributed by atoms with van der Waals surface area (Å²) in [5.74, 6) is 1.67. The van der Waals surface area contributed by atoms with Crippen LogP contribution in [0.3, 0.4) is 0 Å². The Morgan fingerprint density at radius 1 is 1.08 bits per heavy atom. The number of amides is 1. The molecule has 0 saturated heterocycles. The molecule has 0 unspecified atom stereocenters. The van der Waals surface area contributed by atoms with E-state index in [2.05, 4.69) is 20.9 Å². The van der Waals surface area contributed by atoms with E-state index in [0.717, 1.165) is 43.3 Å². The van der Waals surface area contributed by atoms with Crippen molar-refractivity contribution in [2.45, 2.75) is 19.8 Å². The van der Waals surface area contributed by atoms with E-state index in [1.165, 1.54) is 12.5 Å². The Kier molecular flexibility index (Phi) is 9.68. The lowest BCUT2D eigenvalue weighted by atomic mass is 10.1. The highest BCUT2D eigenvalue weighted by molar-refractivity contribution is 14.0. The average Bonchev–Trinajstić information content (AvgIpc) is 3.08. The van der Waals surface area contributed by atoms with Crippen LogP contribution in [0.15, 0.2) is 52.1 Å². The van der Waals surface area contributed by atoms with Crippen LogP contribution in [0.2, 0.25) is 0 Å². The first-order valence-electron chi connectivity index (χ1n) is 8.01. The van der Waals surface area contributed by atoms with Crippen LogP contribution < -0.4 is 16.0 Å². The molecule has 3 N–H and O–H groups in total. The van der Waals surface area contributed by atoms with Crippen LogP contribution in [-0.2, 0) is 17.6 Å². The number of carbonyl (C=O) groups is 1. The third kappa shape index (κ3) is 8.06. The highest BCUT2D eigenvalue weighted by Crippen LogP contribution is 2.09. The van der Waals surface area contributed by atoms with Gasteiger partial charge in [0.25, 0.3) is 0 Å². The highest BCUT2D eigenvalue weighted by Gasteiger charge is 2.00. The van der Waals surface area contributed by atoms with E-state index in [9.17, 15) is 4.79 Å². The Morgan fingerprint density at radius 3 is 2.32 bits per heavy atom. The van der Waals surface area contributed by atoms with Crippen molar-refractivity contribution >= 4 is 41.5 Å². The number of nitrogens with one attached hydrogen (secondary N) is 3. The molecule has 0 aliphatic carbocycles. The van der Waals surface area contributed by atoms with Crippen molar-refractivity contribution in [3.05, 3.63) is 54.0 Å². The first-order valence-corrected chi connectivity index (χ1v) is 8.01. The molecule has 0 aliphatic rings. The Labute approximate surface area is 165 Å². The summed E-state index contributed by atoms with van der Waals surface area (Å²) in [5, 5.41) is 9.30. The summed E-state index contributed by atoms with van der Waals surface area (Å²) in [5.41, 5.74) is 2.01. The van der Waals surface area contributed by atoms with Gasteiger partial charge in [0.1, 0.15) is 5.76 Å². The van der Waals surface area contributed by atoms with E-state index in [-0.39, 0.29) is 29.9 Å². The summed E-state index contributed by atoms with van der Waals surface area (Å²) in [6.45, 7) is 3.04. The summed E-state index contributed by atoms with van der Waals surface area (Å²) < 4.78 is 5.30. The maximum absolute atomic E-state index is 11.0. The molecule has 0 radical (unpaired) electrons. The average molecular weight is 456 g/mol. The van der Waals surface area contributed by atoms with Gasteiger partial charge in [0, 0.05) is 39.2 Å². The highest BCUT2D eigenvalue weighted by atomic mass is 127. The standard InChI is InChI=1S/C18H24N4O2.HI/c1-14(23)22-16-7-5-15(6-8-16)9-11-20-18(19-2)21-12-10-17-4-3-13-24-17;/h3-8,13H,9-12H2,1-2H3,(H,22,23)(H2,19,20,21);1H. The number of halogens is 1. The minimum Gasteiger partial charge on any atom is -0.469 e. The molecule has 7 heteroatoms. The van der Waals surface area contributed by atoms with Gasteiger partial charge in [-0.1, -0.05) is 12.1 Å². The van der Waals surface area contributed by atoms with Gasteiger partial charge in [0.15, 0.2) is 5.96 Å². The number of rotatable bonds is 7. The molecule has 136 valence electrons. The van der Waals surface area contributed by atoms with Gasteiger partial charge in [0.05, 0.1) is 6.26 Å². The van der Waals surface area contributed by atoms with Gasteiger partial charge in [-0.15, -0.1) is 24.0 Å². The predicted octanol–water partition coefficient (Wildman–Crippen LogP) is 2.81. The summed E-state index contributed by atoms with van der Waals surface area (Å²) in [7, 11) is 1.75. The fraction of sp³-hybridized carbons (Fsp3) is 0.333. The fourth-order valence-corrected chi connectivity index (χ4v) is 2.26. The number of furan rings is 1. The molecule has 0 spiro atoms. The lowest BCUT2D eigenvalue weighted by Crippen LogP contribution is -2.39. The molecule has 1 heterocycles. The second-order valence-electron chi connectivity index (χ2n) is 5.38. The van der Waals surface area contributed by atoms with E-state index >= 15 is 0 Å². The Hall–Kier alpha value is -2.03. The van der Waals surface area contributed by atoms with Crippen molar-refractivity contribution in [2.24, 2.45) is 4.99 Å². The van der Waals surface area contributed by atoms with Gasteiger partial charge in [-0.2, -0.15) is 0 Å². The molecule has 2 aromatic rings. The van der Waals surface area contributed by atoms with Crippen LogP contribution in [0.5, 0.6) is 0 Å². The molecule has 6 nitrogen and oxygen atoms in total. The molecule has 2 rings (SSSR count). The normalized spacial score (nSPS) is 10.7.